The minimum Gasteiger partial charge on any atom is -0.267 e. The maximum atomic E-state index is 12.9. The number of hydrazone groups is 1. The monoisotopic (exact) mass is 379 g/mol. The molecule has 1 N–H and O–H groups in total. The Bertz CT molecular complexity index is 1170. The number of pyridine rings is 1. The van der Waals surface area contributed by atoms with Crippen molar-refractivity contribution in [2.45, 2.75) is 13.3 Å². The van der Waals surface area contributed by atoms with Crippen LogP contribution in [0.5, 0.6) is 0 Å². The Morgan fingerprint density at radius 3 is 2.45 bits per heavy atom. The van der Waals surface area contributed by atoms with E-state index in [0.29, 0.717) is 5.56 Å². The quantitative estimate of drug-likeness (QED) is 0.381. The maximum Gasteiger partial charge on any atom is 0.272 e. The zero-order valence-corrected chi connectivity index (χ0v) is 16.2. The van der Waals surface area contributed by atoms with Crippen LogP contribution in [0.4, 0.5) is 0 Å². The number of para-hydroxylation sites is 1. The highest BCUT2D eigenvalue weighted by Gasteiger charge is 2.13. The second-order valence-corrected chi connectivity index (χ2v) is 6.73. The lowest BCUT2D eigenvalue weighted by Crippen LogP contribution is -2.18. The number of benzene rings is 3. The maximum absolute atomic E-state index is 12.9. The van der Waals surface area contributed by atoms with Gasteiger partial charge in [0.25, 0.3) is 5.91 Å². The van der Waals surface area contributed by atoms with Gasteiger partial charge in [0.05, 0.1) is 23.0 Å². The van der Waals surface area contributed by atoms with Gasteiger partial charge in [0.15, 0.2) is 0 Å². The van der Waals surface area contributed by atoms with Gasteiger partial charge in [-0.05, 0) is 29.7 Å². The molecule has 0 saturated heterocycles. The Kier molecular flexibility index (Phi) is 5.43. The van der Waals surface area contributed by atoms with Gasteiger partial charge in [0, 0.05) is 10.9 Å². The molecule has 0 aliphatic rings. The molecule has 0 atom stereocenters. The lowest BCUT2D eigenvalue weighted by molar-refractivity contribution is 0.0956. The number of rotatable bonds is 5. The molecule has 3 aromatic carbocycles. The molecule has 29 heavy (non-hydrogen) atoms. The number of carbonyl (C=O) groups is 1. The average molecular weight is 379 g/mol. The van der Waals surface area contributed by atoms with Gasteiger partial charge in [-0.3, -0.25) is 4.79 Å². The van der Waals surface area contributed by atoms with E-state index in [1.165, 1.54) is 5.56 Å². The van der Waals surface area contributed by atoms with Crippen LogP contribution in [0.2, 0.25) is 0 Å². The van der Waals surface area contributed by atoms with Gasteiger partial charge in [-0.15, -0.1) is 0 Å². The molecule has 1 aromatic heterocycles. The highest BCUT2D eigenvalue weighted by Crippen LogP contribution is 2.24. The number of nitrogens with zero attached hydrogens (tertiary/aromatic N) is 2. The third-order valence-corrected chi connectivity index (χ3v) is 4.80. The van der Waals surface area contributed by atoms with E-state index in [2.05, 4.69) is 29.6 Å². The molecule has 0 spiro atoms. The van der Waals surface area contributed by atoms with Crippen LogP contribution in [0.1, 0.15) is 28.4 Å². The molecule has 0 aliphatic carbocycles. The lowest BCUT2D eigenvalue weighted by atomic mass is 10.0. The van der Waals surface area contributed by atoms with Gasteiger partial charge in [-0.2, -0.15) is 5.10 Å². The summed E-state index contributed by atoms with van der Waals surface area (Å²) in [6, 6.07) is 27.4. The summed E-state index contributed by atoms with van der Waals surface area (Å²) >= 11 is 0. The predicted molar refractivity (Wildman–Crippen MR) is 118 cm³/mol. The van der Waals surface area contributed by atoms with E-state index < -0.39 is 0 Å². The van der Waals surface area contributed by atoms with Crippen LogP contribution < -0.4 is 5.43 Å². The van der Waals surface area contributed by atoms with Crippen molar-refractivity contribution in [2.75, 3.05) is 0 Å². The van der Waals surface area contributed by atoms with Crippen LogP contribution in [0.25, 0.3) is 22.2 Å². The summed E-state index contributed by atoms with van der Waals surface area (Å²) in [5.41, 5.74) is 7.90. The molecule has 0 fully saturated rings. The largest absolute Gasteiger partial charge is 0.272 e. The van der Waals surface area contributed by atoms with Gasteiger partial charge in [-0.1, -0.05) is 79.7 Å². The fourth-order valence-corrected chi connectivity index (χ4v) is 3.19. The van der Waals surface area contributed by atoms with Crippen LogP contribution in [0.3, 0.4) is 0 Å². The number of aromatic nitrogens is 1. The zero-order chi connectivity index (χ0) is 20.1. The van der Waals surface area contributed by atoms with Crippen molar-refractivity contribution in [3.8, 4) is 11.3 Å². The van der Waals surface area contributed by atoms with Crippen molar-refractivity contribution in [3.05, 3.63) is 102 Å². The van der Waals surface area contributed by atoms with E-state index in [4.69, 9.17) is 4.98 Å². The van der Waals surface area contributed by atoms with E-state index >= 15 is 0 Å². The van der Waals surface area contributed by atoms with Crippen molar-refractivity contribution < 1.29 is 4.79 Å². The third kappa shape index (κ3) is 4.22. The summed E-state index contributed by atoms with van der Waals surface area (Å²) in [4.78, 5) is 17.6. The lowest BCUT2D eigenvalue weighted by Gasteiger charge is -2.09. The standard InChI is InChI=1S/C25H21N3O/c1-2-18-12-14-19(15-13-18)17-26-28-25(29)22-16-24(20-8-4-3-5-9-20)27-23-11-7-6-10-21(22)23/h3-17H,2H2,1H3,(H,28,29)/b26-17-. The molecule has 142 valence electrons. The number of nitrogens with one attached hydrogen (secondary N) is 1. The van der Waals surface area contributed by atoms with E-state index in [1.54, 1.807) is 6.21 Å². The molecule has 4 aromatic rings. The highest BCUT2D eigenvalue weighted by molar-refractivity contribution is 6.07. The van der Waals surface area contributed by atoms with E-state index in [9.17, 15) is 4.79 Å². The van der Waals surface area contributed by atoms with Crippen LogP contribution in [-0.2, 0) is 6.42 Å². The predicted octanol–water partition coefficient (Wildman–Crippen LogP) is 5.23. The summed E-state index contributed by atoms with van der Waals surface area (Å²) in [5.74, 6) is -0.262. The Labute approximate surface area is 169 Å². The first-order valence-corrected chi connectivity index (χ1v) is 9.62. The first-order valence-electron chi connectivity index (χ1n) is 9.62. The number of amides is 1. The fourth-order valence-electron chi connectivity index (χ4n) is 3.19. The van der Waals surface area contributed by atoms with Gasteiger partial charge in [0.1, 0.15) is 0 Å². The van der Waals surface area contributed by atoms with Crippen molar-refractivity contribution in [1.29, 1.82) is 0 Å². The van der Waals surface area contributed by atoms with E-state index in [0.717, 1.165) is 34.1 Å². The van der Waals surface area contributed by atoms with E-state index in [1.807, 2.05) is 72.8 Å². The topological polar surface area (TPSA) is 54.4 Å². The minimum atomic E-state index is -0.262. The van der Waals surface area contributed by atoms with Gasteiger partial charge >= 0.3 is 0 Å². The normalized spacial score (nSPS) is 11.1. The second-order valence-electron chi connectivity index (χ2n) is 6.73. The molecular weight excluding hydrogens is 358 g/mol. The molecule has 0 unspecified atom stereocenters. The van der Waals surface area contributed by atoms with Crippen LogP contribution in [0, 0.1) is 0 Å². The van der Waals surface area contributed by atoms with Crippen LogP contribution in [-0.4, -0.2) is 17.1 Å². The van der Waals surface area contributed by atoms with Crippen molar-refractivity contribution in [1.82, 2.24) is 10.4 Å². The molecular formula is C25H21N3O. The molecule has 4 heteroatoms. The minimum absolute atomic E-state index is 0.262. The summed E-state index contributed by atoms with van der Waals surface area (Å²) < 4.78 is 0. The fraction of sp³-hybridized carbons (Fsp3) is 0.0800. The zero-order valence-electron chi connectivity index (χ0n) is 16.2. The second kappa shape index (κ2) is 8.48. The molecule has 0 aliphatic heterocycles. The first kappa shape index (κ1) is 18.6. The van der Waals surface area contributed by atoms with Crippen molar-refractivity contribution in [2.24, 2.45) is 5.10 Å². The number of carbonyl (C=O) groups excluding carboxylic acids is 1. The Morgan fingerprint density at radius 1 is 0.966 bits per heavy atom. The third-order valence-electron chi connectivity index (χ3n) is 4.80. The Balaban J connectivity index is 1.63. The highest BCUT2D eigenvalue weighted by atomic mass is 16.2. The molecule has 4 rings (SSSR count). The number of hydrogen-bond donors (Lipinski definition) is 1. The first-order chi connectivity index (χ1) is 14.2. The van der Waals surface area contributed by atoms with Gasteiger partial charge in [-0.25, -0.2) is 10.4 Å². The average Bonchev–Trinajstić information content (AvgIpc) is 2.79. The van der Waals surface area contributed by atoms with E-state index in [-0.39, 0.29) is 5.91 Å². The number of aryl methyl sites for hydroxylation is 1. The summed E-state index contributed by atoms with van der Waals surface area (Å²) in [7, 11) is 0. The Morgan fingerprint density at radius 2 is 1.69 bits per heavy atom. The van der Waals surface area contributed by atoms with Crippen molar-refractivity contribution >= 4 is 23.0 Å². The molecule has 1 heterocycles. The molecule has 0 bridgehead atoms. The number of fused-ring (bicyclic) bond motifs is 1. The number of hydrogen-bond acceptors (Lipinski definition) is 3. The molecule has 4 nitrogen and oxygen atoms in total. The molecule has 0 saturated carbocycles. The van der Waals surface area contributed by atoms with Crippen LogP contribution in [0.15, 0.2) is 90.0 Å². The smallest absolute Gasteiger partial charge is 0.267 e. The Hall–Kier alpha value is -3.79. The van der Waals surface area contributed by atoms with Crippen LogP contribution >= 0.6 is 0 Å². The molecule has 1 amide bonds. The van der Waals surface area contributed by atoms with Gasteiger partial charge in [0.2, 0.25) is 0 Å². The summed E-state index contributed by atoms with van der Waals surface area (Å²) in [6.45, 7) is 2.12. The summed E-state index contributed by atoms with van der Waals surface area (Å²) in [6.07, 6.45) is 2.64. The van der Waals surface area contributed by atoms with Gasteiger partial charge < -0.3 is 0 Å². The van der Waals surface area contributed by atoms with Crippen molar-refractivity contribution in [3.63, 3.8) is 0 Å². The molecule has 0 radical (unpaired) electrons. The SMILES string of the molecule is CCc1ccc(/C=N\NC(=O)c2cc(-c3ccccc3)nc3ccccc23)cc1. The summed E-state index contributed by atoms with van der Waals surface area (Å²) in [5, 5.41) is 4.94.